The van der Waals surface area contributed by atoms with Gasteiger partial charge in [-0.05, 0) is 25.7 Å². The molecular formula is C20H23N3O4. The number of carbonyl (C=O) groups is 2. The van der Waals surface area contributed by atoms with Gasteiger partial charge in [0.1, 0.15) is 0 Å². The van der Waals surface area contributed by atoms with Crippen molar-refractivity contribution in [3.63, 3.8) is 0 Å². The van der Waals surface area contributed by atoms with Gasteiger partial charge in [-0.25, -0.2) is 4.79 Å². The van der Waals surface area contributed by atoms with Gasteiger partial charge in [-0.1, -0.05) is 35.5 Å². The molecule has 0 aliphatic carbocycles. The SMILES string of the molecule is O=C(O)c1c(N2CCCC(C(=O)N3CCCC3)C2)noc1-c1ccccc1. The summed E-state index contributed by atoms with van der Waals surface area (Å²) in [5, 5.41) is 13.8. The number of rotatable bonds is 4. The van der Waals surface area contributed by atoms with Gasteiger partial charge in [-0.2, -0.15) is 0 Å². The molecule has 2 fully saturated rings. The van der Waals surface area contributed by atoms with Crippen molar-refractivity contribution in [1.29, 1.82) is 0 Å². The number of amides is 1. The Hall–Kier alpha value is -2.83. The fraction of sp³-hybridized carbons (Fsp3) is 0.450. The molecular weight excluding hydrogens is 346 g/mol. The van der Waals surface area contributed by atoms with Crippen LogP contribution in [-0.4, -0.2) is 53.2 Å². The minimum atomic E-state index is -1.07. The standard InChI is InChI=1S/C20H23N3O4/c24-19(22-10-4-5-11-22)15-9-6-12-23(13-15)18-16(20(25)26)17(27-21-18)14-7-2-1-3-8-14/h1-3,7-8,15H,4-6,9-13H2,(H,25,26). The molecule has 2 aliphatic rings. The van der Waals surface area contributed by atoms with Crippen LogP contribution >= 0.6 is 0 Å². The molecule has 27 heavy (non-hydrogen) atoms. The lowest BCUT2D eigenvalue weighted by Crippen LogP contribution is -2.44. The minimum Gasteiger partial charge on any atom is -0.477 e. The fourth-order valence-electron chi connectivity index (χ4n) is 4.04. The van der Waals surface area contributed by atoms with Crippen LogP contribution in [0.2, 0.25) is 0 Å². The Balaban J connectivity index is 1.60. The summed E-state index contributed by atoms with van der Waals surface area (Å²) in [5.41, 5.74) is 0.742. The maximum atomic E-state index is 12.8. The van der Waals surface area contributed by atoms with Gasteiger partial charge >= 0.3 is 5.97 Å². The molecule has 2 aliphatic heterocycles. The molecule has 1 atom stereocenters. The summed E-state index contributed by atoms with van der Waals surface area (Å²) >= 11 is 0. The monoisotopic (exact) mass is 369 g/mol. The molecule has 3 heterocycles. The number of carbonyl (C=O) groups excluding carboxylic acids is 1. The topological polar surface area (TPSA) is 86.9 Å². The number of carboxylic acids is 1. The van der Waals surface area contributed by atoms with Gasteiger partial charge in [0.25, 0.3) is 0 Å². The van der Waals surface area contributed by atoms with E-state index in [1.807, 2.05) is 28.0 Å². The maximum absolute atomic E-state index is 12.8. The fourth-order valence-corrected chi connectivity index (χ4v) is 4.04. The molecule has 1 N–H and O–H groups in total. The first kappa shape index (κ1) is 17.6. The second-order valence-electron chi connectivity index (χ2n) is 7.20. The van der Waals surface area contributed by atoms with E-state index >= 15 is 0 Å². The van der Waals surface area contributed by atoms with Gasteiger partial charge in [-0.3, -0.25) is 4.79 Å². The molecule has 7 nitrogen and oxygen atoms in total. The van der Waals surface area contributed by atoms with E-state index in [0.29, 0.717) is 24.5 Å². The van der Waals surface area contributed by atoms with E-state index in [0.717, 1.165) is 38.8 Å². The normalized spacial score (nSPS) is 20.1. The molecule has 0 radical (unpaired) electrons. The number of anilines is 1. The van der Waals surface area contributed by atoms with Gasteiger partial charge in [-0.15, -0.1) is 0 Å². The lowest BCUT2D eigenvalue weighted by molar-refractivity contribution is -0.134. The smallest absolute Gasteiger partial charge is 0.343 e. The second kappa shape index (κ2) is 7.42. The van der Waals surface area contributed by atoms with E-state index in [9.17, 15) is 14.7 Å². The maximum Gasteiger partial charge on any atom is 0.343 e. The number of hydrogen-bond acceptors (Lipinski definition) is 5. The number of aromatic carboxylic acids is 1. The first-order chi connectivity index (χ1) is 13.1. The van der Waals surface area contributed by atoms with Crippen molar-refractivity contribution in [2.24, 2.45) is 5.92 Å². The Morgan fingerprint density at radius 2 is 1.81 bits per heavy atom. The average molecular weight is 369 g/mol. The quantitative estimate of drug-likeness (QED) is 0.892. The zero-order valence-corrected chi connectivity index (χ0v) is 15.1. The highest BCUT2D eigenvalue weighted by atomic mass is 16.5. The van der Waals surface area contributed by atoms with Crippen molar-refractivity contribution < 1.29 is 19.2 Å². The number of aromatic nitrogens is 1. The molecule has 4 rings (SSSR count). The third-order valence-electron chi connectivity index (χ3n) is 5.41. The summed E-state index contributed by atoms with van der Waals surface area (Å²) < 4.78 is 5.42. The van der Waals surface area contributed by atoms with Crippen LogP contribution in [0.5, 0.6) is 0 Å². The lowest BCUT2D eigenvalue weighted by atomic mass is 9.96. The zero-order valence-electron chi connectivity index (χ0n) is 15.1. The number of likely N-dealkylation sites (tertiary alicyclic amines) is 1. The van der Waals surface area contributed by atoms with Crippen molar-refractivity contribution in [1.82, 2.24) is 10.1 Å². The van der Waals surface area contributed by atoms with Crippen LogP contribution in [0, 0.1) is 5.92 Å². The Kier molecular flexibility index (Phi) is 4.83. The summed E-state index contributed by atoms with van der Waals surface area (Å²) in [5.74, 6) is -0.430. The van der Waals surface area contributed by atoms with Crippen LogP contribution in [0.1, 0.15) is 36.0 Å². The van der Waals surface area contributed by atoms with E-state index in [1.165, 1.54) is 0 Å². The Morgan fingerprint density at radius 1 is 1.07 bits per heavy atom. The summed E-state index contributed by atoms with van der Waals surface area (Å²) in [7, 11) is 0. The van der Waals surface area contributed by atoms with Crippen LogP contribution in [0.4, 0.5) is 5.82 Å². The Labute approximate surface area is 157 Å². The number of carboxylic acid groups (broad SMARTS) is 1. The average Bonchev–Trinajstić information content (AvgIpc) is 3.38. The van der Waals surface area contributed by atoms with Crippen molar-refractivity contribution in [3.05, 3.63) is 35.9 Å². The van der Waals surface area contributed by atoms with E-state index in [1.54, 1.807) is 12.1 Å². The van der Waals surface area contributed by atoms with Crippen LogP contribution in [0.25, 0.3) is 11.3 Å². The summed E-state index contributed by atoms with van der Waals surface area (Å²) in [6, 6.07) is 9.11. The summed E-state index contributed by atoms with van der Waals surface area (Å²) in [6.45, 7) is 2.82. The predicted octanol–water partition coefficient (Wildman–Crippen LogP) is 2.88. The second-order valence-corrected chi connectivity index (χ2v) is 7.20. The largest absolute Gasteiger partial charge is 0.477 e. The molecule has 0 bridgehead atoms. The van der Waals surface area contributed by atoms with Gasteiger partial charge in [0.05, 0.1) is 5.92 Å². The van der Waals surface area contributed by atoms with Crippen LogP contribution in [-0.2, 0) is 4.79 Å². The van der Waals surface area contributed by atoms with E-state index < -0.39 is 5.97 Å². The third kappa shape index (κ3) is 3.41. The molecule has 1 amide bonds. The molecule has 1 aromatic heterocycles. The van der Waals surface area contributed by atoms with Crippen molar-refractivity contribution >= 4 is 17.7 Å². The number of nitrogens with zero attached hydrogens (tertiary/aromatic N) is 3. The zero-order chi connectivity index (χ0) is 18.8. The van der Waals surface area contributed by atoms with Crippen molar-refractivity contribution in [2.45, 2.75) is 25.7 Å². The van der Waals surface area contributed by atoms with Crippen LogP contribution in [0.3, 0.4) is 0 Å². The van der Waals surface area contributed by atoms with Crippen LogP contribution < -0.4 is 4.90 Å². The molecule has 2 saturated heterocycles. The highest BCUT2D eigenvalue weighted by molar-refractivity contribution is 5.99. The van der Waals surface area contributed by atoms with E-state index in [2.05, 4.69) is 5.16 Å². The predicted molar refractivity (Wildman–Crippen MR) is 99.6 cm³/mol. The number of hydrogen-bond donors (Lipinski definition) is 1. The number of benzene rings is 1. The van der Waals surface area contributed by atoms with Crippen molar-refractivity contribution in [2.75, 3.05) is 31.1 Å². The first-order valence-corrected chi connectivity index (χ1v) is 9.47. The molecule has 0 spiro atoms. The first-order valence-electron chi connectivity index (χ1n) is 9.47. The molecule has 142 valence electrons. The highest BCUT2D eigenvalue weighted by Crippen LogP contribution is 2.34. The van der Waals surface area contributed by atoms with Crippen LogP contribution in [0.15, 0.2) is 34.9 Å². The molecule has 1 aromatic carbocycles. The van der Waals surface area contributed by atoms with Gasteiger partial charge < -0.3 is 19.4 Å². The van der Waals surface area contributed by atoms with Gasteiger partial charge in [0, 0.05) is 31.7 Å². The molecule has 7 heteroatoms. The summed E-state index contributed by atoms with van der Waals surface area (Å²) in [6.07, 6.45) is 3.79. The molecule has 1 unspecified atom stereocenters. The van der Waals surface area contributed by atoms with Crippen molar-refractivity contribution in [3.8, 4) is 11.3 Å². The third-order valence-corrected chi connectivity index (χ3v) is 5.41. The van der Waals surface area contributed by atoms with Gasteiger partial charge in [0.15, 0.2) is 17.1 Å². The van der Waals surface area contributed by atoms with E-state index in [4.69, 9.17) is 4.52 Å². The number of piperidine rings is 1. The minimum absolute atomic E-state index is 0.0653. The lowest BCUT2D eigenvalue weighted by Gasteiger charge is -2.34. The van der Waals surface area contributed by atoms with E-state index in [-0.39, 0.29) is 23.1 Å². The highest BCUT2D eigenvalue weighted by Gasteiger charge is 2.34. The molecule has 2 aromatic rings. The Bertz CT molecular complexity index is 827. The Morgan fingerprint density at radius 3 is 2.52 bits per heavy atom. The van der Waals surface area contributed by atoms with Gasteiger partial charge in [0.2, 0.25) is 5.91 Å². The summed E-state index contributed by atoms with van der Waals surface area (Å²) in [4.78, 5) is 28.5. The molecule has 0 saturated carbocycles.